The molecule has 2 heterocycles. The summed E-state index contributed by atoms with van der Waals surface area (Å²) in [6, 6.07) is 13.9. The van der Waals surface area contributed by atoms with Crippen molar-refractivity contribution in [3.63, 3.8) is 0 Å². The Morgan fingerprint density at radius 2 is 1.93 bits per heavy atom. The summed E-state index contributed by atoms with van der Waals surface area (Å²) in [7, 11) is 0. The third-order valence-corrected chi connectivity index (χ3v) is 5.40. The van der Waals surface area contributed by atoms with Crippen molar-refractivity contribution in [2.75, 3.05) is 11.6 Å². The number of amides is 2. The van der Waals surface area contributed by atoms with E-state index in [1.165, 1.54) is 17.6 Å². The Bertz CT molecular complexity index is 964. The molecule has 2 N–H and O–H groups in total. The summed E-state index contributed by atoms with van der Waals surface area (Å²) in [5.41, 5.74) is 0.560. The van der Waals surface area contributed by atoms with E-state index in [2.05, 4.69) is 10.6 Å². The van der Waals surface area contributed by atoms with E-state index in [0.29, 0.717) is 10.6 Å². The average Bonchev–Trinajstić information content (AvgIpc) is 3.37. The van der Waals surface area contributed by atoms with Gasteiger partial charge in [0.25, 0.3) is 0 Å². The van der Waals surface area contributed by atoms with Gasteiger partial charge in [-0.25, -0.2) is 0 Å². The zero-order chi connectivity index (χ0) is 19.2. The van der Waals surface area contributed by atoms with Crippen molar-refractivity contribution in [1.29, 1.82) is 0 Å². The van der Waals surface area contributed by atoms with Crippen molar-refractivity contribution in [3.8, 4) is 0 Å². The minimum Gasteiger partial charge on any atom is -0.461 e. The number of thiophene rings is 1. The lowest BCUT2D eigenvalue weighted by Crippen LogP contribution is -2.34. The summed E-state index contributed by atoms with van der Waals surface area (Å²) in [5, 5.41) is 5.12. The van der Waals surface area contributed by atoms with Gasteiger partial charge in [-0.15, -0.1) is 23.1 Å². The molecule has 6 nitrogen and oxygen atoms in total. The second-order valence-corrected chi connectivity index (χ2v) is 7.49. The average molecular weight is 400 g/mol. The Hall–Kier alpha value is -2.84. The third-order valence-electron chi connectivity index (χ3n) is 3.59. The van der Waals surface area contributed by atoms with E-state index in [0.717, 1.165) is 9.77 Å². The van der Waals surface area contributed by atoms with Gasteiger partial charge >= 0.3 is 11.8 Å². The minimum absolute atomic E-state index is 0.160. The Balaban J connectivity index is 1.54. The molecule has 8 heteroatoms. The molecule has 0 atom stereocenters. The largest absolute Gasteiger partial charge is 0.461 e. The first-order valence-corrected chi connectivity index (χ1v) is 10.0. The van der Waals surface area contributed by atoms with Gasteiger partial charge in [0.1, 0.15) is 0 Å². The van der Waals surface area contributed by atoms with Gasteiger partial charge in [0.15, 0.2) is 5.76 Å². The number of carbonyl (C=O) groups is 3. The number of nitrogens with one attached hydrogen (secondary N) is 2. The maximum absolute atomic E-state index is 12.2. The molecule has 0 bridgehead atoms. The molecule has 0 unspecified atom stereocenters. The van der Waals surface area contributed by atoms with Crippen molar-refractivity contribution in [1.82, 2.24) is 5.32 Å². The molecular weight excluding hydrogens is 384 g/mol. The molecule has 0 spiro atoms. The van der Waals surface area contributed by atoms with Gasteiger partial charge in [0.05, 0.1) is 17.7 Å². The Morgan fingerprint density at radius 3 is 2.67 bits per heavy atom. The van der Waals surface area contributed by atoms with Gasteiger partial charge in [-0.05, 0) is 48.7 Å². The van der Waals surface area contributed by atoms with Crippen LogP contribution in [0.15, 0.2) is 64.1 Å². The summed E-state index contributed by atoms with van der Waals surface area (Å²) in [4.78, 5) is 38.4. The summed E-state index contributed by atoms with van der Waals surface area (Å²) in [6.07, 6.45) is 3.37. The minimum atomic E-state index is -0.739. The molecule has 2 amide bonds. The Labute approximate surface area is 164 Å². The molecule has 3 rings (SSSR count). The zero-order valence-electron chi connectivity index (χ0n) is 14.4. The van der Waals surface area contributed by atoms with Gasteiger partial charge < -0.3 is 15.1 Å². The molecule has 138 valence electrons. The van der Waals surface area contributed by atoms with Crippen LogP contribution in [0.4, 0.5) is 5.69 Å². The Kier molecular flexibility index (Phi) is 6.10. The van der Waals surface area contributed by atoms with E-state index in [1.807, 2.05) is 18.4 Å². The van der Waals surface area contributed by atoms with Gasteiger partial charge in [0.2, 0.25) is 5.78 Å². The van der Waals surface area contributed by atoms with E-state index in [4.69, 9.17) is 4.42 Å². The van der Waals surface area contributed by atoms with Crippen molar-refractivity contribution >= 4 is 46.4 Å². The van der Waals surface area contributed by atoms with Crippen LogP contribution in [0.3, 0.4) is 0 Å². The van der Waals surface area contributed by atoms with Crippen LogP contribution < -0.4 is 10.6 Å². The number of anilines is 1. The monoisotopic (exact) mass is 400 g/mol. The topological polar surface area (TPSA) is 88.4 Å². The number of carbonyl (C=O) groups excluding carboxylic acids is 3. The highest BCUT2D eigenvalue weighted by molar-refractivity contribution is 7.98. The second-order valence-electron chi connectivity index (χ2n) is 5.44. The molecule has 1 aromatic carbocycles. The number of benzene rings is 1. The normalized spacial score (nSPS) is 10.4. The van der Waals surface area contributed by atoms with Crippen molar-refractivity contribution in [2.45, 2.75) is 11.4 Å². The number of hydrogen-bond acceptors (Lipinski definition) is 6. The molecular formula is C19H16N2O4S2. The fourth-order valence-electron chi connectivity index (χ4n) is 2.26. The van der Waals surface area contributed by atoms with Crippen LogP contribution in [-0.4, -0.2) is 23.9 Å². The highest BCUT2D eigenvalue weighted by atomic mass is 32.2. The third kappa shape index (κ3) is 4.87. The standard InChI is InChI=1S/C19H16N2O4S2/c1-26-13-5-2-4-12(10-13)21-19(24)18(23)20-11-14-7-8-16(27-14)17(22)15-6-3-9-25-15/h2-10H,11H2,1H3,(H,20,23)(H,21,24). The molecule has 0 radical (unpaired) electrons. The van der Waals surface area contributed by atoms with E-state index in [-0.39, 0.29) is 18.1 Å². The molecule has 3 aromatic rings. The quantitative estimate of drug-likeness (QED) is 0.375. The molecule has 0 saturated carbocycles. The van der Waals surface area contributed by atoms with Crippen molar-refractivity contribution in [3.05, 3.63) is 70.3 Å². The van der Waals surface area contributed by atoms with E-state index >= 15 is 0 Å². The summed E-state index contributed by atoms with van der Waals surface area (Å²) < 4.78 is 5.09. The van der Waals surface area contributed by atoms with E-state index < -0.39 is 11.8 Å². The predicted molar refractivity (Wildman–Crippen MR) is 105 cm³/mol. The van der Waals surface area contributed by atoms with Gasteiger partial charge in [0, 0.05) is 15.5 Å². The number of thioether (sulfide) groups is 1. The van der Waals surface area contributed by atoms with Crippen LogP contribution in [-0.2, 0) is 16.1 Å². The lowest BCUT2D eigenvalue weighted by atomic mass is 10.2. The van der Waals surface area contributed by atoms with Crippen LogP contribution >= 0.6 is 23.1 Å². The van der Waals surface area contributed by atoms with Crippen molar-refractivity contribution in [2.24, 2.45) is 0 Å². The van der Waals surface area contributed by atoms with Gasteiger partial charge in [-0.3, -0.25) is 14.4 Å². The molecule has 0 aliphatic heterocycles. The van der Waals surface area contributed by atoms with Crippen LogP contribution in [0.2, 0.25) is 0 Å². The number of furan rings is 1. The number of ketones is 1. The predicted octanol–water partition coefficient (Wildman–Crippen LogP) is 3.55. The lowest BCUT2D eigenvalue weighted by molar-refractivity contribution is -0.136. The SMILES string of the molecule is CSc1cccc(NC(=O)C(=O)NCc2ccc(C(=O)c3ccco3)s2)c1. The van der Waals surface area contributed by atoms with E-state index in [1.54, 1.807) is 48.2 Å². The smallest absolute Gasteiger partial charge is 0.313 e. The van der Waals surface area contributed by atoms with Crippen LogP contribution in [0.25, 0.3) is 0 Å². The molecule has 0 fully saturated rings. The fourth-order valence-corrected chi connectivity index (χ4v) is 3.61. The highest BCUT2D eigenvalue weighted by Crippen LogP contribution is 2.21. The van der Waals surface area contributed by atoms with Crippen LogP contribution in [0.1, 0.15) is 20.3 Å². The molecule has 0 aliphatic carbocycles. The lowest BCUT2D eigenvalue weighted by Gasteiger charge is -2.06. The summed E-state index contributed by atoms with van der Waals surface area (Å²) >= 11 is 2.79. The molecule has 0 aliphatic rings. The molecule has 0 saturated heterocycles. The van der Waals surface area contributed by atoms with Gasteiger partial charge in [-0.2, -0.15) is 0 Å². The zero-order valence-corrected chi connectivity index (χ0v) is 16.0. The maximum Gasteiger partial charge on any atom is 0.313 e. The molecule has 2 aromatic heterocycles. The highest BCUT2D eigenvalue weighted by Gasteiger charge is 2.16. The number of rotatable bonds is 6. The van der Waals surface area contributed by atoms with Crippen molar-refractivity contribution < 1.29 is 18.8 Å². The second kappa shape index (κ2) is 8.70. The first kappa shape index (κ1) is 18.9. The maximum atomic E-state index is 12.2. The first-order chi connectivity index (χ1) is 13.1. The van der Waals surface area contributed by atoms with Crippen LogP contribution in [0.5, 0.6) is 0 Å². The van der Waals surface area contributed by atoms with Gasteiger partial charge in [-0.1, -0.05) is 6.07 Å². The fraction of sp³-hybridized carbons (Fsp3) is 0.105. The first-order valence-electron chi connectivity index (χ1n) is 7.97. The summed E-state index contributed by atoms with van der Waals surface area (Å²) in [6.45, 7) is 0.160. The van der Waals surface area contributed by atoms with E-state index in [9.17, 15) is 14.4 Å². The van der Waals surface area contributed by atoms with Crippen LogP contribution in [0, 0.1) is 0 Å². The molecule has 27 heavy (non-hydrogen) atoms. The Morgan fingerprint density at radius 1 is 1.07 bits per heavy atom. The number of hydrogen-bond donors (Lipinski definition) is 2. The summed E-state index contributed by atoms with van der Waals surface area (Å²) in [5.74, 6) is -1.43.